The van der Waals surface area contributed by atoms with Crippen LogP contribution in [0.5, 0.6) is 0 Å². The van der Waals surface area contributed by atoms with Gasteiger partial charge in [0.1, 0.15) is 5.54 Å². The highest BCUT2D eigenvalue weighted by Gasteiger charge is 2.37. The zero-order valence-electron chi connectivity index (χ0n) is 10.9. The van der Waals surface area contributed by atoms with Crippen LogP contribution < -0.4 is 11.1 Å². The number of hydrogen-bond donors (Lipinski definition) is 2. The Hall–Kier alpha value is -0.610. The zero-order valence-corrected chi connectivity index (χ0v) is 10.9. The highest BCUT2D eigenvalue weighted by Crippen LogP contribution is 2.27. The number of nitrogens with two attached hydrogens (primary N) is 1. The summed E-state index contributed by atoms with van der Waals surface area (Å²) in [5.41, 5.74) is 4.90. The quantitative estimate of drug-likeness (QED) is 0.673. The van der Waals surface area contributed by atoms with Crippen molar-refractivity contribution in [2.45, 2.75) is 58.2 Å². The lowest BCUT2D eigenvalue weighted by Gasteiger charge is -2.35. The summed E-state index contributed by atoms with van der Waals surface area (Å²) >= 11 is 0. The summed E-state index contributed by atoms with van der Waals surface area (Å²) in [6.07, 6.45) is 2.51. The van der Waals surface area contributed by atoms with Crippen molar-refractivity contribution < 1.29 is 4.79 Å². The molecule has 0 bridgehead atoms. The average Bonchev–Trinajstić information content (AvgIpc) is 2.96. The summed E-state index contributed by atoms with van der Waals surface area (Å²) in [6.45, 7) is 9.80. The second-order valence-electron chi connectivity index (χ2n) is 5.29. The first-order valence-corrected chi connectivity index (χ1v) is 6.20. The molecule has 0 aromatic rings. The van der Waals surface area contributed by atoms with Crippen LogP contribution in [0.1, 0.15) is 40.5 Å². The molecule has 1 atom stereocenters. The van der Waals surface area contributed by atoms with E-state index < -0.39 is 5.54 Å². The van der Waals surface area contributed by atoms with Gasteiger partial charge >= 0.3 is 0 Å². The summed E-state index contributed by atoms with van der Waals surface area (Å²) in [7, 11) is 0. The minimum absolute atomic E-state index is 0.260. The van der Waals surface area contributed by atoms with Crippen molar-refractivity contribution in [2.24, 2.45) is 5.73 Å². The molecule has 16 heavy (non-hydrogen) atoms. The van der Waals surface area contributed by atoms with Gasteiger partial charge in [0, 0.05) is 18.6 Å². The molecule has 1 rings (SSSR count). The van der Waals surface area contributed by atoms with E-state index in [0.29, 0.717) is 12.6 Å². The van der Waals surface area contributed by atoms with Crippen LogP contribution in [0.3, 0.4) is 0 Å². The van der Waals surface area contributed by atoms with Gasteiger partial charge in [0.05, 0.1) is 0 Å². The summed E-state index contributed by atoms with van der Waals surface area (Å²) < 4.78 is 0. The molecule has 0 aromatic heterocycles. The lowest BCUT2D eigenvalue weighted by atomic mass is 9.99. The average molecular weight is 227 g/mol. The molecule has 1 amide bonds. The molecule has 1 aliphatic rings. The van der Waals surface area contributed by atoms with E-state index in [2.05, 4.69) is 17.1 Å². The number of likely N-dealkylation sites (N-methyl/N-ethyl adjacent to an activating group) is 1. The number of nitrogens with one attached hydrogen (secondary N) is 1. The molecule has 0 aromatic carbocycles. The lowest BCUT2D eigenvalue weighted by molar-refractivity contribution is -0.124. The minimum Gasteiger partial charge on any atom is -0.368 e. The summed E-state index contributed by atoms with van der Waals surface area (Å²) in [4.78, 5) is 13.9. The van der Waals surface area contributed by atoms with Crippen molar-refractivity contribution in [1.29, 1.82) is 0 Å². The van der Waals surface area contributed by atoms with Gasteiger partial charge in [-0.3, -0.25) is 9.69 Å². The molecule has 1 unspecified atom stereocenters. The van der Waals surface area contributed by atoms with Gasteiger partial charge in [0.15, 0.2) is 0 Å². The second kappa shape index (κ2) is 5.15. The Kier molecular flexibility index (Phi) is 4.33. The number of nitrogens with zero attached hydrogens (tertiary/aromatic N) is 1. The third kappa shape index (κ3) is 3.46. The van der Waals surface area contributed by atoms with Gasteiger partial charge in [0.2, 0.25) is 5.91 Å². The van der Waals surface area contributed by atoms with E-state index >= 15 is 0 Å². The smallest absolute Gasteiger partial charge is 0.238 e. The minimum atomic E-state index is -0.618. The van der Waals surface area contributed by atoms with Crippen molar-refractivity contribution in [3.05, 3.63) is 0 Å². The summed E-state index contributed by atoms with van der Waals surface area (Å²) in [5, 5.41) is 3.29. The first-order valence-electron chi connectivity index (χ1n) is 6.20. The predicted octanol–water partition coefficient (Wildman–Crippen LogP) is 0.713. The largest absolute Gasteiger partial charge is 0.368 e. The fourth-order valence-corrected chi connectivity index (χ4v) is 2.18. The molecule has 1 fully saturated rings. The zero-order chi connectivity index (χ0) is 12.3. The van der Waals surface area contributed by atoms with Crippen LogP contribution in [0, 0.1) is 0 Å². The van der Waals surface area contributed by atoms with Gasteiger partial charge in [-0.25, -0.2) is 0 Å². The van der Waals surface area contributed by atoms with Crippen molar-refractivity contribution in [3.8, 4) is 0 Å². The highest BCUT2D eigenvalue weighted by atomic mass is 16.1. The molecule has 4 nitrogen and oxygen atoms in total. The molecule has 3 N–H and O–H groups in total. The van der Waals surface area contributed by atoms with Gasteiger partial charge < -0.3 is 11.1 Å². The number of primary amides is 1. The summed E-state index contributed by atoms with van der Waals surface area (Å²) in [5.74, 6) is -0.264. The maximum Gasteiger partial charge on any atom is 0.238 e. The van der Waals surface area contributed by atoms with Gasteiger partial charge in [-0.1, -0.05) is 6.92 Å². The molecule has 0 saturated heterocycles. The number of hydrogen-bond acceptors (Lipinski definition) is 3. The summed E-state index contributed by atoms with van der Waals surface area (Å²) in [6, 6.07) is 0.924. The Morgan fingerprint density at radius 3 is 2.44 bits per heavy atom. The fourth-order valence-electron chi connectivity index (χ4n) is 2.18. The highest BCUT2D eigenvalue weighted by molar-refractivity contribution is 5.84. The molecular formula is C12H25N3O. The Balaban J connectivity index is 2.64. The van der Waals surface area contributed by atoms with Crippen molar-refractivity contribution >= 4 is 5.91 Å². The normalized spacial score (nSPS) is 20.1. The number of carbonyl (C=O) groups is 1. The van der Waals surface area contributed by atoms with Crippen LogP contribution in [0.25, 0.3) is 0 Å². The topological polar surface area (TPSA) is 58.4 Å². The third-order valence-corrected chi connectivity index (χ3v) is 3.14. The van der Waals surface area contributed by atoms with E-state index in [4.69, 9.17) is 5.73 Å². The second-order valence-corrected chi connectivity index (χ2v) is 5.29. The van der Waals surface area contributed by atoms with Crippen molar-refractivity contribution in [1.82, 2.24) is 10.2 Å². The third-order valence-electron chi connectivity index (χ3n) is 3.14. The van der Waals surface area contributed by atoms with Crippen LogP contribution >= 0.6 is 0 Å². The molecule has 1 aliphatic carbocycles. The Morgan fingerprint density at radius 1 is 1.56 bits per heavy atom. The maximum absolute atomic E-state index is 11.6. The maximum atomic E-state index is 11.6. The molecular weight excluding hydrogens is 202 g/mol. The molecule has 0 heterocycles. The Morgan fingerprint density at radius 2 is 2.12 bits per heavy atom. The van der Waals surface area contributed by atoms with Crippen LogP contribution in [0.15, 0.2) is 0 Å². The molecule has 1 saturated carbocycles. The van der Waals surface area contributed by atoms with Crippen LogP contribution in [-0.2, 0) is 4.79 Å². The molecule has 4 heteroatoms. The van der Waals surface area contributed by atoms with E-state index in [9.17, 15) is 4.79 Å². The van der Waals surface area contributed by atoms with Crippen molar-refractivity contribution in [2.75, 3.05) is 13.1 Å². The van der Waals surface area contributed by atoms with Crippen LogP contribution in [0.4, 0.5) is 0 Å². The van der Waals surface area contributed by atoms with E-state index in [0.717, 1.165) is 6.54 Å². The van der Waals surface area contributed by atoms with Gasteiger partial charge in [-0.2, -0.15) is 0 Å². The van der Waals surface area contributed by atoms with Gasteiger partial charge in [0.25, 0.3) is 0 Å². The van der Waals surface area contributed by atoms with E-state index in [1.54, 1.807) is 0 Å². The van der Waals surface area contributed by atoms with Gasteiger partial charge in [-0.05, 0) is 40.2 Å². The van der Waals surface area contributed by atoms with E-state index in [1.807, 2.05) is 20.8 Å². The molecule has 0 aliphatic heterocycles. The van der Waals surface area contributed by atoms with Crippen molar-refractivity contribution in [3.63, 3.8) is 0 Å². The number of amides is 1. The van der Waals surface area contributed by atoms with Gasteiger partial charge in [-0.15, -0.1) is 0 Å². The standard InChI is InChI=1S/C12H25N3O/c1-5-15(10-6-7-10)8-12(4,11(13)16)14-9(2)3/h9-10,14H,5-8H2,1-4H3,(H2,13,16). The lowest BCUT2D eigenvalue weighted by Crippen LogP contribution is -2.61. The fraction of sp³-hybridized carbons (Fsp3) is 0.917. The number of rotatable bonds is 7. The SMILES string of the molecule is CCN(CC(C)(NC(C)C)C(N)=O)C1CC1. The van der Waals surface area contributed by atoms with E-state index in [1.165, 1.54) is 12.8 Å². The van der Waals surface area contributed by atoms with Crippen LogP contribution in [0.2, 0.25) is 0 Å². The Bertz CT molecular complexity index is 251. The predicted molar refractivity (Wildman–Crippen MR) is 66.1 cm³/mol. The number of carbonyl (C=O) groups excluding carboxylic acids is 1. The first kappa shape index (κ1) is 13.5. The molecule has 0 spiro atoms. The first-order chi connectivity index (χ1) is 7.39. The molecule has 94 valence electrons. The van der Waals surface area contributed by atoms with E-state index in [-0.39, 0.29) is 11.9 Å². The Labute approximate surface area is 98.6 Å². The molecule has 0 radical (unpaired) electrons. The monoisotopic (exact) mass is 227 g/mol. The van der Waals surface area contributed by atoms with Crippen LogP contribution in [-0.4, -0.2) is 41.5 Å².